The third-order valence-electron chi connectivity index (χ3n) is 4.38. The Morgan fingerprint density at radius 3 is 2.58 bits per heavy atom. The molecular formula is C19H26N4O. The molecule has 1 saturated carbocycles. The third kappa shape index (κ3) is 4.60. The van der Waals surface area contributed by atoms with Crippen LogP contribution in [0.2, 0.25) is 0 Å². The Hall–Kier alpha value is -2.30. The van der Waals surface area contributed by atoms with Crippen molar-refractivity contribution in [3.63, 3.8) is 0 Å². The lowest BCUT2D eigenvalue weighted by Crippen LogP contribution is -2.20. The lowest BCUT2D eigenvalue weighted by atomic mass is 10.1. The van der Waals surface area contributed by atoms with Gasteiger partial charge in [-0.2, -0.15) is 4.98 Å². The van der Waals surface area contributed by atoms with Crippen molar-refractivity contribution in [1.82, 2.24) is 9.97 Å². The summed E-state index contributed by atoms with van der Waals surface area (Å²) in [6.45, 7) is 2.00. The fourth-order valence-electron chi connectivity index (χ4n) is 3.15. The number of benzene rings is 1. The molecule has 128 valence electrons. The van der Waals surface area contributed by atoms with Gasteiger partial charge in [-0.25, -0.2) is 4.98 Å². The van der Waals surface area contributed by atoms with Crippen LogP contribution in [0.25, 0.3) is 0 Å². The summed E-state index contributed by atoms with van der Waals surface area (Å²) in [7, 11) is 1.67. The second-order valence-electron chi connectivity index (χ2n) is 6.41. The highest BCUT2D eigenvalue weighted by atomic mass is 16.5. The van der Waals surface area contributed by atoms with Crippen molar-refractivity contribution in [1.29, 1.82) is 0 Å². The summed E-state index contributed by atoms with van der Waals surface area (Å²) in [6.07, 6.45) is 7.67. The van der Waals surface area contributed by atoms with E-state index in [9.17, 15) is 0 Å². The number of nitrogens with one attached hydrogen (secondary N) is 2. The molecule has 0 bridgehead atoms. The van der Waals surface area contributed by atoms with Crippen molar-refractivity contribution < 1.29 is 4.74 Å². The molecule has 0 saturated heterocycles. The average Bonchev–Trinajstić information content (AvgIpc) is 2.83. The zero-order valence-electron chi connectivity index (χ0n) is 14.5. The maximum absolute atomic E-state index is 5.27. The molecule has 5 heteroatoms. The first-order valence-corrected chi connectivity index (χ1v) is 8.76. The summed E-state index contributed by atoms with van der Waals surface area (Å²) in [6, 6.07) is 10.3. The van der Waals surface area contributed by atoms with Gasteiger partial charge < -0.3 is 15.4 Å². The highest BCUT2D eigenvalue weighted by Gasteiger charge is 2.13. The van der Waals surface area contributed by atoms with Gasteiger partial charge in [-0.3, -0.25) is 0 Å². The largest absolute Gasteiger partial charge is 0.497 e. The summed E-state index contributed by atoms with van der Waals surface area (Å²) in [5.41, 5.74) is 1.90. The molecular weight excluding hydrogens is 300 g/mol. The summed E-state index contributed by atoms with van der Waals surface area (Å²) < 4.78 is 5.27. The van der Waals surface area contributed by atoms with Crippen LogP contribution >= 0.6 is 0 Å². The van der Waals surface area contributed by atoms with Gasteiger partial charge in [0, 0.05) is 29.6 Å². The fourth-order valence-corrected chi connectivity index (χ4v) is 3.15. The maximum Gasteiger partial charge on any atom is 0.225 e. The van der Waals surface area contributed by atoms with Crippen molar-refractivity contribution in [2.45, 2.75) is 51.5 Å². The Morgan fingerprint density at radius 1 is 1.04 bits per heavy atom. The Morgan fingerprint density at radius 2 is 1.83 bits per heavy atom. The van der Waals surface area contributed by atoms with E-state index in [0.29, 0.717) is 12.0 Å². The molecule has 1 aromatic carbocycles. The number of methoxy groups -OCH3 is 1. The van der Waals surface area contributed by atoms with E-state index < -0.39 is 0 Å². The molecule has 0 radical (unpaired) electrons. The van der Waals surface area contributed by atoms with Crippen LogP contribution in [0.5, 0.6) is 5.75 Å². The number of anilines is 3. The minimum absolute atomic E-state index is 0.485. The van der Waals surface area contributed by atoms with Crippen LogP contribution in [-0.2, 0) is 0 Å². The van der Waals surface area contributed by atoms with Crippen LogP contribution in [0.15, 0.2) is 30.3 Å². The van der Waals surface area contributed by atoms with Crippen molar-refractivity contribution in [3.05, 3.63) is 36.0 Å². The normalized spacial score (nSPS) is 15.6. The Bertz CT molecular complexity index is 666. The van der Waals surface area contributed by atoms with Crippen molar-refractivity contribution >= 4 is 17.5 Å². The molecule has 0 aliphatic heterocycles. The topological polar surface area (TPSA) is 59.1 Å². The van der Waals surface area contributed by atoms with Crippen molar-refractivity contribution in [2.75, 3.05) is 17.7 Å². The molecule has 5 nitrogen and oxygen atoms in total. The predicted octanol–water partition coefficient (Wildman–Crippen LogP) is 4.67. The van der Waals surface area contributed by atoms with Gasteiger partial charge in [-0.1, -0.05) is 31.7 Å². The SMILES string of the molecule is COc1cccc(Nc2cc(C)nc(NC3CCCCCC3)n2)c1. The lowest BCUT2D eigenvalue weighted by molar-refractivity contribution is 0.415. The second kappa shape index (κ2) is 7.99. The van der Waals surface area contributed by atoms with E-state index in [-0.39, 0.29) is 0 Å². The van der Waals surface area contributed by atoms with Gasteiger partial charge in [0.2, 0.25) is 5.95 Å². The van der Waals surface area contributed by atoms with Gasteiger partial charge >= 0.3 is 0 Å². The molecule has 3 rings (SSSR count). The number of hydrogen-bond donors (Lipinski definition) is 2. The predicted molar refractivity (Wildman–Crippen MR) is 98.2 cm³/mol. The van der Waals surface area contributed by atoms with Gasteiger partial charge in [0.05, 0.1) is 7.11 Å². The van der Waals surface area contributed by atoms with E-state index in [2.05, 4.69) is 20.6 Å². The summed E-state index contributed by atoms with van der Waals surface area (Å²) >= 11 is 0. The highest BCUT2D eigenvalue weighted by molar-refractivity contribution is 5.59. The first kappa shape index (κ1) is 16.6. The molecule has 1 heterocycles. The molecule has 0 amide bonds. The van der Waals surface area contributed by atoms with E-state index in [1.165, 1.54) is 38.5 Å². The Labute approximate surface area is 143 Å². The number of ether oxygens (including phenoxy) is 1. The number of nitrogens with zero attached hydrogens (tertiary/aromatic N) is 2. The van der Waals surface area contributed by atoms with Crippen LogP contribution in [0.3, 0.4) is 0 Å². The minimum Gasteiger partial charge on any atom is -0.497 e. The number of rotatable bonds is 5. The van der Waals surface area contributed by atoms with Crippen LogP contribution < -0.4 is 15.4 Å². The lowest BCUT2D eigenvalue weighted by Gasteiger charge is -2.17. The van der Waals surface area contributed by atoms with Crippen LogP contribution in [0.4, 0.5) is 17.5 Å². The second-order valence-corrected chi connectivity index (χ2v) is 6.41. The Kier molecular flexibility index (Phi) is 5.51. The molecule has 1 aliphatic rings. The molecule has 0 spiro atoms. The zero-order valence-corrected chi connectivity index (χ0v) is 14.5. The molecule has 1 aliphatic carbocycles. The van der Waals surface area contributed by atoms with Gasteiger partial charge in [-0.05, 0) is 31.9 Å². The van der Waals surface area contributed by atoms with E-state index >= 15 is 0 Å². The van der Waals surface area contributed by atoms with Gasteiger partial charge in [0.25, 0.3) is 0 Å². The maximum atomic E-state index is 5.27. The summed E-state index contributed by atoms with van der Waals surface area (Å²) in [5, 5.41) is 6.86. The molecule has 1 aromatic heterocycles. The first-order chi connectivity index (χ1) is 11.7. The monoisotopic (exact) mass is 326 g/mol. The molecule has 0 unspecified atom stereocenters. The molecule has 0 atom stereocenters. The van der Waals surface area contributed by atoms with E-state index in [0.717, 1.165) is 22.9 Å². The van der Waals surface area contributed by atoms with Crippen molar-refractivity contribution in [3.8, 4) is 5.75 Å². The number of aromatic nitrogens is 2. The van der Waals surface area contributed by atoms with Crippen LogP contribution in [0.1, 0.15) is 44.2 Å². The molecule has 1 fully saturated rings. The highest BCUT2D eigenvalue weighted by Crippen LogP contribution is 2.23. The number of aryl methyl sites for hydroxylation is 1. The van der Waals surface area contributed by atoms with E-state index in [1.807, 2.05) is 37.3 Å². The summed E-state index contributed by atoms with van der Waals surface area (Å²) in [5.74, 6) is 2.33. The van der Waals surface area contributed by atoms with E-state index in [1.54, 1.807) is 7.11 Å². The van der Waals surface area contributed by atoms with E-state index in [4.69, 9.17) is 4.74 Å². The zero-order chi connectivity index (χ0) is 16.8. The smallest absolute Gasteiger partial charge is 0.225 e. The summed E-state index contributed by atoms with van der Waals surface area (Å²) in [4.78, 5) is 9.18. The van der Waals surface area contributed by atoms with Crippen LogP contribution in [-0.4, -0.2) is 23.1 Å². The first-order valence-electron chi connectivity index (χ1n) is 8.76. The van der Waals surface area contributed by atoms with Gasteiger partial charge in [0.15, 0.2) is 0 Å². The molecule has 24 heavy (non-hydrogen) atoms. The number of hydrogen-bond acceptors (Lipinski definition) is 5. The average molecular weight is 326 g/mol. The quantitative estimate of drug-likeness (QED) is 0.782. The standard InChI is InChI=1S/C19H26N4O/c1-14-12-18(21-16-10-7-11-17(13-16)24-2)23-19(20-14)22-15-8-5-3-4-6-9-15/h7,10-13,15H,3-6,8-9H2,1-2H3,(H2,20,21,22,23). The Balaban J connectivity index is 1.73. The molecule has 2 aromatic rings. The fraction of sp³-hybridized carbons (Fsp3) is 0.474. The minimum atomic E-state index is 0.485. The van der Waals surface area contributed by atoms with Gasteiger partial charge in [0.1, 0.15) is 11.6 Å². The third-order valence-corrected chi connectivity index (χ3v) is 4.38. The van der Waals surface area contributed by atoms with Crippen molar-refractivity contribution in [2.24, 2.45) is 0 Å². The molecule has 2 N–H and O–H groups in total. The van der Waals surface area contributed by atoms with Gasteiger partial charge in [-0.15, -0.1) is 0 Å². The van der Waals surface area contributed by atoms with Crippen LogP contribution in [0, 0.1) is 6.92 Å².